The maximum Gasteiger partial charge on any atom is 0.264 e. The third-order valence-electron chi connectivity index (χ3n) is 7.38. The number of pyridine rings is 1. The number of hydrogen-bond acceptors (Lipinski definition) is 10. The predicted octanol–water partition coefficient (Wildman–Crippen LogP) is 4.64. The number of sulfonamides is 1. The van der Waals surface area contributed by atoms with E-state index in [1.165, 1.54) is 17.8 Å². The highest BCUT2D eigenvalue weighted by Crippen LogP contribution is 2.43. The van der Waals surface area contributed by atoms with Crippen molar-refractivity contribution >= 4 is 38.4 Å². The van der Waals surface area contributed by atoms with E-state index in [9.17, 15) is 13.5 Å². The quantitative estimate of drug-likeness (QED) is 0.225. The van der Waals surface area contributed by atoms with Crippen molar-refractivity contribution in [1.29, 1.82) is 0 Å². The Bertz CT molecular complexity index is 1830. The van der Waals surface area contributed by atoms with Crippen molar-refractivity contribution in [2.24, 2.45) is 13.0 Å². The van der Waals surface area contributed by atoms with Gasteiger partial charge in [-0.15, -0.1) is 5.10 Å². The SMILES string of the molecule is C[C@H]1[C@@H](CSc2nnnn2C)OC(c2cccc(NS(=O)(=O)c3cccc4cccnc34)c2)O[C@H]1c1ccc(CO)cc1. The van der Waals surface area contributed by atoms with Gasteiger partial charge < -0.3 is 14.6 Å². The van der Waals surface area contributed by atoms with E-state index < -0.39 is 16.3 Å². The van der Waals surface area contributed by atoms with Gasteiger partial charge >= 0.3 is 0 Å². The molecule has 6 rings (SSSR count). The van der Waals surface area contributed by atoms with E-state index in [1.807, 2.05) is 42.5 Å². The third-order valence-corrected chi connectivity index (χ3v) is 9.89. The minimum Gasteiger partial charge on any atom is -0.392 e. The Morgan fingerprint density at radius 1 is 1.00 bits per heavy atom. The number of para-hydroxylation sites is 1. The number of aromatic nitrogens is 5. The van der Waals surface area contributed by atoms with Crippen LogP contribution < -0.4 is 4.72 Å². The normalized spacial score (nSPS) is 20.7. The molecule has 43 heavy (non-hydrogen) atoms. The van der Waals surface area contributed by atoms with Crippen molar-refractivity contribution in [1.82, 2.24) is 25.2 Å². The molecule has 1 saturated heterocycles. The first-order chi connectivity index (χ1) is 20.8. The van der Waals surface area contributed by atoms with Crippen LogP contribution in [-0.2, 0) is 33.2 Å². The summed E-state index contributed by atoms with van der Waals surface area (Å²) in [6.07, 6.45) is 0.233. The predicted molar refractivity (Wildman–Crippen MR) is 161 cm³/mol. The molecule has 222 valence electrons. The molecule has 2 N–H and O–H groups in total. The average molecular weight is 619 g/mol. The largest absolute Gasteiger partial charge is 0.392 e. The van der Waals surface area contributed by atoms with Crippen molar-refractivity contribution in [2.45, 2.75) is 42.1 Å². The molecular weight excluding hydrogens is 589 g/mol. The summed E-state index contributed by atoms with van der Waals surface area (Å²) in [7, 11) is -2.16. The van der Waals surface area contributed by atoms with Crippen molar-refractivity contribution in [3.8, 4) is 0 Å². The highest BCUT2D eigenvalue weighted by atomic mass is 32.2. The minimum absolute atomic E-state index is 0.0366. The maximum absolute atomic E-state index is 13.5. The lowest BCUT2D eigenvalue weighted by molar-refractivity contribution is -0.268. The number of aliphatic hydroxyl groups excluding tert-OH is 1. The minimum atomic E-state index is -3.94. The van der Waals surface area contributed by atoms with E-state index in [0.717, 1.165) is 16.5 Å². The van der Waals surface area contributed by atoms with Crippen LogP contribution in [0, 0.1) is 5.92 Å². The molecule has 1 unspecified atom stereocenters. The molecule has 0 saturated carbocycles. The van der Waals surface area contributed by atoms with Gasteiger partial charge in [-0.2, -0.15) is 0 Å². The summed E-state index contributed by atoms with van der Waals surface area (Å²) in [6, 6.07) is 23.3. The molecule has 11 nitrogen and oxygen atoms in total. The summed E-state index contributed by atoms with van der Waals surface area (Å²) >= 11 is 1.49. The van der Waals surface area contributed by atoms with Crippen molar-refractivity contribution in [2.75, 3.05) is 10.5 Å². The molecule has 1 aliphatic rings. The van der Waals surface area contributed by atoms with Crippen LogP contribution in [0.5, 0.6) is 0 Å². The van der Waals surface area contributed by atoms with Gasteiger partial charge in [-0.3, -0.25) is 9.71 Å². The van der Waals surface area contributed by atoms with Crippen LogP contribution in [0.4, 0.5) is 5.69 Å². The number of ether oxygens (including phenoxy) is 2. The number of rotatable bonds is 9. The number of hydrogen-bond donors (Lipinski definition) is 2. The molecule has 13 heteroatoms. The summed E-state index contributed by atoms with van der Waals surface area (Å²) in [5.41, 5.74) is 3.19. The van der Waals surface area contributed by atoms with Crippen LogP contribution >= 0.6 is 11.8 Å². The maximum atomic E-state index is 13.5. The fourth-order valence-electron chi connectivity index (χ4n) is 5.06. The van der Waals surface area contributed by atoms with Crippen molar-refractivity contribution in [3.05, 3.63) is 102 Å². The van der Waals surface area contributed by atoms with Crippen molar-refractivity contribution < 1.29 is 23.0 Å². The number of aryl methyl sites for hydroxylation is 1. The molecule has 0 bridgehead atoms. The van der Waals surface area contributed by atoms with Crippen LogP contribution in [0.25, 0.3) is 10.9 Å². The molecule has 1 aliphatic heterocycles. The summed E-state index contributed by atoms with van der Waals surface area (Å²) < 4.78 is 44.3. The molecule has 4 atom stereocenters. The Hall–Kier alpha value is -3.88. The van der Waals surface area contributed by atoms with Gasteiger partial charge in [0.25, 0.3) is 10.0 Å². The van der Waals surface area contributed by atoms with E-state index in [1.54, 1.807) is 48.3 Å². The first kappa shape index (κ1) is 29.2. The number of tetrazole rings is 1. The summed E-state index contributed by atoms with van der Waals surface area (Å²) in [5, 5.41) is 22.6. The standard InChI is InChI=1S/C30H30N6O5S2/c1-19-25(18-42-30-32-34-35-36(30)2)40-29(41-28(19)22-13-11-20(17-37)12-14-22)23-7-3-9-24(16-23)33-43(38,39)26-10-4-6-21-8-5-15-31-27(21)26/h3-16,19,25,28-29,33,37H,17-18H2,1-2H3/t19-,25+,28+,29?/m0/s1. The molecule has 0 spiro atoms. The van der Waals surface area contributed by atoms with Gasteiger partial charge in [-0.05, 0) is 45.8 Å². The first-order valence-corrected chi connectivity index (χ1v) is 16.1. The van der Waals surface area contributed by atoms with Gasteiger partial charge in [-0.1, -0.05) is 73.3 Å². The van der Waals surface area contributed by atoms with E-state index in [4.69, 9.17) is 9.47 Å². The monoisotopic (exact) mass is 618 g/mol. The smallest absolute Gasteiger partial charge is 0.264 e. The first-order valence-electron chi connectivity index (χ1n) is 13.6. The lowest BCUT2D eigenvalue weighted by Crippen LogP contribution is -2.38. The molecular formula is C30H30N6O5S2. The van der Waals surface area contributed by atoms with Gasteiger partial charge in [0.05, 0.1) is 24.3 Å². The lowest BCUT2D eigenvalue weighted by Gasteiger charge is -2.41. The highest BCUT2D eigenvalue weighted by Gasteiger charge is 2.38. The zero-order chi connectivity index (χ0) is 30.0. The van der Waals surface area contributed by atoms with E-state index in [-0.39, 0.29) is 29.6 Å². The molecule has 3 heterocycles. The Balaban J connectivity index is 1.28. The average Bonchev–Trinajstić information content (AvgIpc) is 3.44. The number of benzene rings is 3. The summed E-state index contributed by atoms with van der Waals surface area (Å²) in [4.78, 5) is 4.39. The third kappa shape index (κ3) is 6.26. The van der Waals surface area contributed by atoms with Crippen LogP contribution in [0.2, 0.25) is 0 Å². The van der Waals surface area contributed by atoms with Gasteiger partial charge in [0.2, 0.25) is 5.16 Å². The van der Waals surface area contributed by atoms with Gasteiger partial charge in [0.15, 0.2) is 6.29 Å². The molecule has 2 aromatic heterocycles. The molecule has 5 aromatic rings. The lowest BCUT2D eigenvalue weighted by atomic mass is 9.91. The van der Waals surface area contributed by atoms with Crippen molar-refractivity contribution in [3.63, 3.8) is 0 Å². The Labute approximate surface area is 253 Å². The Morgan fingerprint density at radius 3 is 2.56 bits per heavy atom. The number of anilines is 1. The fourth-order valence-corrected chi connectivity index (χ4v) is 7.31. The topological polar surface area (TPSA) is 141 Å². The van der Waals surface area contributed by atoms with E-state index in [2.05, 4.69) is 32.2 Å². The molecule has 3 aromatic carbocycles. The Kier molecular flexibility index (Phi) is 8.41. The van der Waals surface area contributed by atoms with E-state index >= 15 is 0 Å². The zero-order valence-electron chi connectivity index (χ0n) is 23.4. The number of thioether (sulfide) groups is 1. The number of aliphatic hydroxyl groups is 1. The van der Waals surface area contributed by atoms with Crippen LogP contribution in [0.3, 0.4) is 0 Å². The second kappa shape index (κ2) is 12.4. The fraction of sp³-hybridized carbons (Fsp3) is 0.267. The van der Waals surface area contributed by atoms with Crippen LogP contribution in [0.15, 0.2) is 95.1 Å². The van der Waals surface area contributed by atoms with Gasteiger partial charge in [0.1, 0.15) is 4.90 Å². The molecule has 0 aliphatic carbocycles. The van der Waals surface area contributed by atoms with Gasteiger partial charge in [-0.25, -0.2) is 13.1 Å². The molecule has 0 radical (unpaired) electrons. The highest BCUT2D eigenvalue weighted by molar-refractivity contribution is 7.99. The summed E-state index contributed by atoms with van der Waals surface area (Å²) in [5.74, 6) is 0.534. The molecule has 0 amide bonds. The molecule has 1 fully saturated rings. The Morgan fingerprint density at radius 2 is 1.79 bits per heavy atom. The summed E-state index contributed by atoms with van der Waals surface area (Å²) in [6.45, 7) is 2.03. The van der Waals surface area contributed by atoms with E-state index in [0.29, 0.717) is 27.7 Å². The van der Waals surface area contributed by atoms with Crippen LogP contribution in [0.1, 0.15) is 36.0 Å². The number of fused-ring (bicyclic) bond motifs is 1. The van der Waals surface area contributed by atoms with Crippen LogP contribution in [-0.4, -0.2) is 50.6 Å². The number of nitrogens with one attached hydrogen (secondary N) is 1. The number of nitrogens with zero attached hydrogens (tertiary/aromatic N) is 5. The second-order valence-electron chi connectivity index (χ2n) is 10.3. The second-order valence-corrected chi connectivity index (χ2v) is 12.9. The van der Waals surface area contributed by atoms with Gasteiger partial charge in [0, 0.05) is 41.6 Å². The zero-order valence-corrected chi connectivity index (χ0v) is 25.1.